The van der Waals surface area contributed by atoms with E-state index in [1.54, 1.807) is 6.26 Å². The largest absolute Gasteiger partial charge is 0.409 e. The van der Waals surface area contributed by atoms with Gasteiger partial charge >= 0.3 is 0 Å². The minimum Gasteiger partial charge on any atom is -0.409 e. The van der Waals surface area contributed by atoms with Crippen LogP contribution >= 0.6 is 0 Å². The van der Waals surface area contributed by atoms with E-state index in [1.807, 2.05) is 0 Å². The fourth-order valence-corrected chi connectivity index (χ4v) is 2.87. The van der Waals surface area contributed by atoms with Crippen LogP contribution in [0.2, 0.25) is 0 Å². The molecular weight excluding hydrogens is 254 g/mol. The Kier molecular flexibility index (Phi) is 5.58. The van der Waals surface area contributed by atoms with Gasteiger partial charge in [0, 0.05) is 29.4 Å². The van der Waals surface area contributed by atoms with Crippen molar-refractivity contribution in [3.05, 3.63) is 0 Å². The van der Waals surface area contributed by atoms with Crippen molar-refractivity contribution in [3.63, 3.8) is 0 Å². The molecule has 0 aliphatic heterocycles. The zero-order valence-corrected chi connectivity index (χ0v) is 11.5. The zero-order valence-electron chi connectivity index (χ0n) is 10.6. The lowest BCUT2D eigenvalue weighted by Gasteiger charge is -2.25. The van der Waals surface area contributed by atoms with Gasteiger partial charge in [-0.3, -0.25) is 9.00 Å². The Labute approximate surface area is 109 Å². The van der Waals surface area contributed by atoms with Crippen LogP contribution in [0.5, 0.6) is 0 Å². The topological polar surface area (TPSA) is 105 Å². The summed E-state index contributed by atoms with van der Waals surface area (Å²) in [6, 6.07) is 0. The van der Waals surface area contributed by atoms with E-state index < -0.39 is 16.2 Å². The summed E-state index contributed by atoms with van der Waals surface area (Å²) in [6.45, 7) is 0.471. The van der Waals surface area contributed by atoms with E-state index in [0.29, 0.717) is 31.6 Å². The lowest BCUT2D eigenvalue weighted by molar-refractivity contribution is -0.127. The smallest absolute Gasteiger partial charge is 0.233 e. The second-order valence-electron chi connectivity index (χ2n) is 4.66. The molecule has 1 unspecified atom stereocenters. The molecule has 1 rings (SSSR count). The summed E-state index contributed by atoms with van der Waals surface area (Å²) in [4.78, 5) is 12.2. The van der Waals surface area contributed by atoms with E-state index in [2.05, 4.69) is 10.5 Å². The number of nitrogens with two attached hydrogens (primary N) is 1. The molecule has 0 aromatic carbocycles. The highest BCUT2D eigenvalue weighted by Gasteiger charge is 2.45. The quantitative estimate of drug-likeness (QED) is 0.211. The molecule has 7 heteroatoms. The minimum atomic E-state index is -0.847. The van der Waals surface area contributed by atoms with Gasteiger partial charge in [-0.1, -0.05) is 18.0 Å². The zero-order chi connectivity index (χ0) is 13.6. The molecule has 4 N–H and O–H groups in total. The minimum absolute atomic E-state index is 0.00318. The van der Waals surface area contributed by atoms with Gasteiger partial charge in [0.15, 0.2) is 5.84 Å². The van der Waals surface area contributed by atoms with Gasteiger partial charge in [0.25, 0.3) is 0 Å². The van der Waals surface area contributed by atoms with E-state index in [0.717, 1.165) is 12.8 Å². The molecule has 0 radical (unpaired) electrons. The van der Waals surface area contributed by atoms with Crippen LogP contribution in [-0.2, 0) is 15.6 Å². The van der Waals surface area contributed by atoms with Crippen LogP contribution in [0, 0.1) is 5.41 Å². The normalized spacial score (nSPS) is 20.6. The molecule has 104 valence electrons. The fourth-order valence-electron chi connectivity index (χ4n) is 2.32. The van der Waals surface area contributed by atoms with E-state index in [9.17, 15) is 9.00 Å². The highest BCUT2D eigenvalue weighted by molar-refractivity contribution is 7.84. The van der Waals surface area contributed by atoms with Gasteiger partial charge in [-0.2, -0.15) is 0 Å². The average molecular weight is 275 g/mol. The van der Waals surface area contributed by atoms with Crippen molar-refractivity contribution in [2.24, 2.45) is 16.3 Å². The SMILES string of the molecule is CS(=O)CCCNC(=O)C1(C(N)=NO)CCCC1. The number of amides is 1. The van der Waals surface area contributed by atoms with Gasteiger partial charge in [-0.15, -0.1) is 0 Å². The second kappa shape index (κ2) is 6.72. The van der Waals surface area contributed by atoms with E-state index >= 15 is 0 Å². The Morgan fingerprint density at radius 3 is 2.61 bits per heavy atom. The summed E-state index contributed by atoms with van der Waals surface area (Å²) in [5.74, 6) is 0.380. The van der Waals surface area contributed by atoms with Crippen LogP contribution in [0.25, 0.3) is 0 Å². The maximum Gasteiger partial charge on any atom is 0.233 e. The molecule has 1 saturated carbocycles. The molecule has 1 aliphatic carbocycles. The van der Waals surface area contributed by atoms with Gasteiger partial charge in [0.05, 0.1) is 0 Å². The molecule has 0 aromatic rings. The number of nitrogens with one attached hydrogen (secondary N) is 1. The van der Waals surface area contributed by atoms with Crippen LogP contribution < -0.4 is 11.1 Å². The number of hydrogen-bond donors (Lipinski definition) is 3. The molecule has 1 fully saturated rings. The van der Waals surface area contributed by atoms with Crippen molar-refractivity contribution in [1.82, 2.24) is 5.32 Å². The lowest BCUT2D eigenvalue weighted by Crippen LogP contribution is -2.48. The Hall–Kier alpha value is -1.11. The first-order chi connectivity index (χ1) is 8.53. The number of nitrogens with zero attached hydrogens (tertiary/aromatic N) is 1. The fraction of sp³-hybridized carbons (Fsp3) is 0.818. The van der Waals surface area contributed by atoms with Crippen LogP contribution in [0.3, 0.4) is 0 Å². The van der Waals surface area contributed by atoms with Crippen molar-refractivity contribution in [2.45, 2.75) is 32.1 Å². The third-order valence-corrected chi connectivity index (χ3v) is 4.25. The summed E-state index contributed by atoms with van der Waals surface area (Å²) < 4.78 is 10.9. The molecule has 1 amide bonds. The summed E-state index contributed by atoms with van der Waals surface area (Å²) in [7, 11) is -0.843. The Balaban J connectivity index is 2.54. The van der Waals surface area contributed by atoms with Gasteiger partial charge in [-0.25, -0.2) is 0 Å². The monoisotopic (exact) mass is 275 g/mol. The number of hydrogen-bond acceptors (Lipinski definition) is 4. The average Bonchev–Trinajstić information content (AvgIpc) is 2.83. The van der Waals surface area contributed by atoms with Crippen molar-refractivity contribution in [3.8, 4) is 0 Å². The molecule has 1 aliphatic rings. The van der Waals surface area contributed by atoms with Crippen molar-refractivity contribution >= 4 is 22.5 Å². The second-order valence-corrected chi connectivity index (χ2v) is 6.22. The van der Waals surface area contributed by atoms with Gasteiger partial charge in [0.1, 0.15) is 5.41 Å². The Bertz CT molecular complexity index is 351. The molecule has 1 atom stereocenters. The van der Waals surface area contributed by atoms with E-state index in [4.69, 9.17) is 10.9 Å². The van der Waals surface area contributed by atoms with Crippen molar-refractivity contribution in [1.29, 1.82) is 0 Å². The molecule has 0 bridgehead atoms. The van der Waals surface area contributed by atoms with Crippen LogP contribution in [0.15, 0.2) is 5.16 Å². The number of carbonyl (C=O) groups excluding carboxylic acids is 1. The Morgan fingerprint density at radius 1 is 1.50 bits per heavy atom. The maximum atomic E-state index is 12.2. The molecule has 18 heavy (non-hydrogen) atoms. The van der Waals surface area contributed by atoms with Gasteiger partial charge < -0.3 is 16.3 Å². The standard InChI is InChI=1S/C11H21N3O3S/c1-18(17)8-4-7-13-10(15)11(9(12)14-16)5-2-3-6-11/h16H,2-8H2,1H3,(H2,12,14)(H,13,15). The molecular formula is C11H21N3O3S. The lowest BCUT2D eigenvalue weighted by atomic mass is 9.84. The molecule has 0 saturated heterocycles. The number of oxime groups is 1. The van der Waals surface area contributed by atoms with Gasteiger partial charge in [0.2, 0.25) is 5.91 Å². The highest BCUT2D eigenvalue weighted by Crippen LogP contribution is 2.38. The first kappa shape index (κ1) is 14.9. The molecule has 0 spiro atoms. The predicted molar refractivity (Wildman–Crippen MR) is 70.9 cm³/mol. The first-order valence-corrected chi connectivity index (χ1v) is 7.82. The maximum absolute atomic E-state index is 12.2. The molecule has 6 nitrogen and oxygen atoms in total. The number of carbonyl (C=O) groups is 1. The number of amidine groups is 1. The summed E-state index contributed by atoms with van der Waals surface area (Å²) in [6.07, 6.45) is 5.35. The van der Waals surface area contributed by atoms with Crippen molar-refractivity contribution in [2.75, 3.05) is 18.6 Å². The summed E-state index contributed by atoms with van der Waals surface area (Å²) in [5, 5.41) is 14.6. The first-order valence-electron chi connectivity index (χ1n) is 6.09. The molecule has 0 heterocycles. The Morgan fingerprint density at radius 2 is 2.11 bits per heavy atom. The third-order valence-electron chi connectivity index (χ3n) is 3.38. The van der Waals surface area contributed by atoms with E-state index in [1.165, 1.54) is 0 Å². The van der Waals surface area contributed by atoms with E-state index in [-0.39, 0.29) is 11.7 Å². The summed E-state index contributed by atoms with van der Waals surface area (Å²) in [5.41, 5.74) is 4.81. The van der Waals surface area contributed by atoms with Crippen molar-refractivity contribution < 1.29 is 14.2 Å². The van der Waals surface area contributed by atoms with Gasteiger partial charge in [-0.05, 0) is 19.3 Å². The molecule has 0 aromatic heterocycles. The van der Waals surface area contributed by atoms with Crippen LogP contribution in [-0.4, -0.2) is 39.7 Å². The predicted octanol–water partition coefficient (Wildman–Crippen LogP) is 0.178. The summed E-state index contributed by atoms with van der Waals surface area (Å²) >= 11 is 0. The van der Waals surface area contributed by atoms with Crippen LogP contribution in [0.1, 0.15) is 32.1 Å². The third kappa shape index (κ3) is 3.44. The highest BCUT2D eigenvalue weighted by atomic mass is 32.2. The number of rotatable bonds is 6. The van der Waals surface area contributed by atoms with Crippen LogP contribution in [0.4, 0.5) is 0 Å².